The molecule has 0 aliphatic heterocycles. The minimum atomic E-state index is -1.25. The molecule has 0 saturated carbocycles. The standard InChI is InChI=1S/C30H33NO4S/c1-2-3-4-5-6-7-8-9-11-23-13-15-24(16-14-23)22-31(29(33)21-26-12-10-19-36-26)25-17-18-28(32)27(20-25)30(34)35/h10,12-20,32H,2-8,21-22H2,1H3,(H,34,35). The Balaban J connectivity index is 1.69. The zero-order chi connectivity index (χ0) is 25.8. The molecule has 5 nitrogen and oxygen atoms in total. The lowest BCUT2D eigenvalue weighted by atomic mass is 10.1. The van der Waals surface area contributed by atoms with Gasteiger partial charge in [-0.05, 0) is 53.8 Å². The van der Waals surface area contributed by atoms with E-state index in [0.29, 0.717) is 5.69 Å². The second kappa shape index (κ2) is 14.1. The topological polar surface area (TPSA) is 77.8 Å². The summed E-state index contributed by atoms with van der Waals surface area (Å²) < 4.78 is 0. The monoisotopic (exact) mass is 503 g/mol. The summed E-state index contributed by atoms with van der Waals surface area (Å²) in [4.78, 5) is 27.3. The summed E-state index contributed by atoms with van der Waals surface area (Å²) in [6.45, 7) is 2.50. The van der Waals surface area contributed by atoms with Gasteiger partial charge in [-0.2, -0.15) is 0 Å². The summed E-state index contributed by atoms with van der Waals surface area (Å²) in [6, 6.07) is 15.8. The van der Waals surface area contributed by atoms with Gasteiger partial charge >= 0.3 is 5.97 Å². The van der Waals surface area contributed by atoms with Crippen molar-refractivity contribution in [2.75, 3.05) is 4.90 Å². The van der Waals surface area contributed by atoms with Crippen molar-refractivity contribution in [3.8, 4) is 17.6 Å². The molecule has 0 unspecified atom stereocenters. The molecule has 1 aromatic heterocycles. The molecular weight excluding hydrogens is 470 g/mol. The van der Waals surface area contributed by atoms with Gasteiger partial charge in [0.15, 0.2) is 0 Å². The molecule has 0 bridgehead atoms. The van der Waals surface area contributed by atoms with Crippen LogP contribution in [0.3, 0.4) is 0 Å². The average Bonchev–Trinajstić information content (AvgIpc) is 3.38. The number of unbranched alkanes of at least 4 members (excludes halogenated alkanes) is 6. The van der Waals surface area contributed by atoms with Crippen LogP contribution in [0.2, 0.25) is 0 Å². The zero-order valence-electron chi connectivity index (χ0n) is 20.7. The van der Waals surface area contributed by atoms with Crippen molar-refractivity contribution < 1.29 is 19.8 Å². The number of thiophene rings is 1. The maximum Gasteiger partial charge on any atom is 0.339 e. The summed E-state index contributed by atoms with van der Waals surface area (Å²) in [5, 5.41) is 21.2. The Hall–Kier alpha value is -3.56. The Morgan fingerprint density at radius 2 is 1.72 bits per heavy atom. The van der Waals surface area contributed by atoms with E-state index in [0.717, 1.165) is 28.8 Å². The minimum Gasteiger partial charge on any atom is -0.507 e. The summed E-state index contributed by atoms with van der Waals surface area (Å²) >= 11 is 1.50. The van der Waals surface area contributed by atoms with Crippen molar-refractivity contribution in [2.24, 2.45) is 0 Å². The van der Waals surface area contributed by atoms with Crippen LogP contribution < -0.4 is 4.90 Å². The summed E-state index contributed by atoms with van der Waals surface area (Å²) in [5.74, 6) is 4.74. The lowest BCUT2D eigenvalue weighted by molar-refractivity contribution is -0.118. The number of carboxylic acids is 1. The van der Waals surface area contributed by atoms with Gasteiger partial charge in [-0.25, -0.2) is 4.79 Å². The van der Waals surface area contributed by atoms with Gasteiger partial charge in [0.2, 0.25) is 5.91 Å². The largest absolute Gasteiger partial charge is 0.507 e. The van der Waals surface area contributed by atoms with Crippen LogP contribution >= 0.6 is 11.3 Å². The predicted octanol–water partition coefficient (Wildman–Crippen LogP) is 7.03. The molecule has 1 amide bonds. The highest BCUT2D eigenvalue weighted by molar-refractivity contribution is 7.10. The van der Waals surface area contributed by atoms with Crippen LogP contribution in [0.1, 0.15) is 78.2 Å². The molecule has 0 radical (unpaired) electrons. The number of benzene rings is 2. The molecule has 0 atom stereocenters. The molecule has 0 aliphatic rings. The van der Waals surface area contributed by atoms with E-state index in [2.05, 4.69) is 18.8 Å². The van der Waals surface area contributed by atoms with Gasteiger partial charge in [0.1, 0.15) is 11.3 Å². The number of carboxylic acid groups (broad SMARTS) is 1. The van der Waals surface area contributed by atoms with Crippen molar-refractivity contribution in [1.82, 2.24) is 0 Å². The first-order chi connectivity index (χ1) is 17.5. The first-order valence-corrected chi connectivity index (χ1v) is 13.3. The molecule has 2 N–H and O–H groups in total. The lowest BCUT2D eigenvalue weighted by Gasteiger charge is -2.23. The lowest BCUT2D eigenvalue weighted by Crippen LogP contribution is -2.31. The highest BCUT2D eigenvalue weighted by Crippen LogP contribution is 2.27. The Kier molecular flexibility index (Phi) is 10.6. The molecule has 2 aromatic carbocycles. The van der Waals surface area contributed by atoms with Gasteiger partial charge < -0.3 is 15.1 Å². The van der Waals surface area contributed by atoms with Gasteiger partial charge in [-0.1, -0.05) is 69.1 Å². The van der Waals surface area contributed by atoms with Gasteiger partial charge in [-0.15, -0.1) is 11.3 Å². The Labute approximate surface area is 217 Å². The number of carbonyl (C=O) groups is 2. The van der Waals surface area contributed by atoms with Crippen LogP contribution in [0, 0.1) is 11.8 Å². The van der Waals surface area contributed by atoms with Crippen LogP contribution in [0.4, 0.5) is 5.69 Å². The Morgan fingerprint density at radius 1 is 0.972 bits per heavy atom. The molecule has 0 saturated heterocycles. The number of hydrogen-bond acceptors (Lipinski definition) is 4. The molecule has 3 aromatic rings. The zero-order valence-corrected chi connectivity index (χ0v) is 21.5. The van der Waals surface area contributed by atoms with Crippen LogP contribution in [-0.2, 0) is 17.8 Å². The van der Waals surface area contributed by atoms with E-state index in [1.165, 1.54) is 55.6 Å². The molecular formula is C30H33NO4S. The van der Waals surface area contributed by atoms with E-state index in [-0.39, 0.29) is 30.2 Å². The molecule has 1 heterocycles. The van der Waals surface area contributed by atoms with Gasteiger partial charge in [0.25, 0.3) is 0 Å². The maximum absolute atomic E-state index is 13.2. The molecule has 188 valence electrons. The van der Waals surface area contributed by atoms with Crippen LogP contribution in [0.25, 0.3) is 0 Å². The van der Waals surface area contributed by atoms with Crippen molar-refractivity contribution in [3.05, 3.63) is 81.5 Å². The fraction of sp³-hybridized carbons (Fsp3) is 0.333. The highest BCUT2D eigenvalue weighted by Gasteiger charge is 2.20. The number of nitrogens with zero attached hydrogens (tertiary/aromatic N) is 1. The van der Waals surface area contributed by atoms with Crippen molar-refractivity contribution in [1.29, 1.82) is 0 Å². The van der Waals surface area contributed by atoms with Crippen molar-refractivity contribution >= 4 is 28.9 Å². The number of carbonyl (C=O) groups excluding carboxylic acids is 1. The van der Waals surface area contributed by atoms with Crippen LogP contribution in [-0.4, -0.2) is 22.1 Å². The second-order valence-electron chi connectivity index (χ2n) is 8.76. The molecule has 6 heteroatoms. The fourth-order valence-electron chi connectivity index (χ4n) is 3.88. The van der Waals surface area contributed by atoms with Gasteiger partial charge in [0, 0.05) is 22.5 Å². The van der Waals surface area contributed by atoms with Crippen molar-refractivity contribution in [3.63, 3.8) is 0 Å². The summed E-state index contributed by atoms with van der Waals surface area (Å²) in [5.41, 5.74) is 2.02. The smallest absolute Gasteiger partial charge is 0.339 e. The van der Waals surface area contributed by atoms with E-state index < -0.39 is 5.97 Å². The SMILES string of the molecule is CCCCCCCCC#Cc1ccc(CN(C(=O)Cc2cccs2)c2ccc(O)c(C(=O)O)c2)cc1. The highest BCUT2D eigenvalue weighted by atomic mass is 32.1. The average molecular weight is 504 g/mol. The molecule has 36 heavy (non-hydrogen) atoms. The Morgan fingerprint density at radius 3 is 2.42 bits per heavy atom. The fourth-order valence-corrected chi connectivity index (χ4v) is 4.57. The van der Waals surface area contributed by atoms with E-state index in [1.807, 2.05) is 41.8 Å². The number of amides is 1. The number of hydrogen-bond donors (Lipinski definition) is 2. The van der Waals surface area contributed by atoms with E-state index in [1.54, 1.807) is 11.0 Å². The predicted molar refractivity (Wildman–Crippen MR) is 146 cm³/mol. The normalized spacial score (nSPS) is 10.5. The van der Waals surface area contributed by atoms with Crippen molar-refractivity contribution in [2.45, 2.75) is 64.8 Å². The molecule has 0 aliphatic carbocycles. The van der Waals surface area contributed by atoms with Gasteiger partial charge in [-0.3, -0.25) is 4.79 Å². The molecule has 3 rings (SSSR count). The second-order valence-corrected chi connectivity index (χ2v) is 9.79. The molecule has 0 fully saturated rings. The van der Waals surface area contributed by atoms with E-state index in [9.17, 15) is 19.8 Å². The first-order valence-electron chi connectivity index (χ1n) is 12.4. The number of aromatic hydroxyl groups is 1. The number of anilines is 1. The van der Waals surface area contributed by atoms with Crippen LogP contribution in [0.15, 0.2) is 60.0 Å². The maximum atomic E-state index is 13.2. The third-order valence-electron chi connectivity index (χ3n) is 5.91. The summed E-state index contributed by atoms with van der Waals surface area (Å²) in [7, 11) is 0. The number of rotatable bonds is 12. The molecule has 0 spiro atoms. The Bertz CT molecular complexity index is 1190. The quantitative estimate of drug-likeness (QED) is 0.205. The number of aromatic carboxylic acids is 1. The summed E-state index contributed by atoms with van der Waals surface area (Å²) in [6.07, 6.45) is 8.61. The van der Waals surface area contributed by atoms with E-state index in [4.69, 9.17) is 0 Å². The van der Waals surface area contributed by atoms with Gasteiger partial charge in [0.05, 0.1) is 13.0 Å². The van der Waals surface area contributed by atoms with E-state index >= 15 is 0 Å². The third kappa shape index (κ3) is 8.28. The minimum absolute atomic E-state index is 0.151. The third-order valence-corrected chi connectivity index (χ3v) is 6.79. The number of phenols is 1. The first kappa shape index (κ1) is 27.0. The van der Waals surface area contributed by atoms with Crippen LogP contribution in [0.5, 0.6) is 5.75 Å².